The smallest absolute Gasteiger partial charge is 0.265 e. The van der Waals surface area contributed by atoms with Gasteiger partial charge in [-0.2, -0.15) is 0 Å². The van der Waals surface area contributed by atoms with Gasteiger partial charge in [-0.05, 0) is 54.8 Å². The predicted octanol–water partition coefficient (Wildman–Crippen LogP) is 2.86. The fourth-order valence-corrected chi connectivity index (χ4v) is 2.68. The lowest BCUT2D eigenvalue weighted by atomic mass is 10.0. The number of nitrogens with one attached hydrogen (secondary N) is 1. The number of anilines is 1. The molecule has 2 rings (SSSR count). The van der Waals surface area contributed by atoms with Gasteiger partial charge in [0.05, 0.1) is 4.90 Å². The predicted molar refractivity (Wildman–Crippen MR) is 97.1 cm³/mol. The molecule has 1 unspecified atom stereocenters. The molecule has 25 heavy (non-hydrogen) atoms. The number of rotatable bonds is 6. The van der Waals surface area contributed by atoms with E-state index in [9.17, 15) is 13.2 Å². The number of ether oxygens (including phenoxy) is 1. The van der Waals surface area contributed by atoms with Crippen LogP contribution >= 0.6 is 0 Å². The topological polar surface area (TPSA) is 98.5 Å². The summed E-state index contributed by atoms with van der Waals surface area (Å²) in [6, 6.07) is 13.2. The van der Waals surface area contributed by atoms with Crippen molar-refractivity contribution in [2.45, 2.75) is 37.7 Å². The Morgan fingerprint density at radius 1 is 1.00 bits per heavy atom. The van der Waals surface area contributed by atoms with Crippen LogP contribution in [0.3, 0.4) is 0 Å². The van der Waals surface area contributed by atoms with Crippen LogP contribution in [0.1, 0.15) is 32.3 Å². The quantitative estimate of drug-likeness (QED) is 0.825. The van der Waals surface area contributed by atoms with Crippen LogP contribution in [0.4, 0.5) is 5.69 Å². The van der Waals surface area contributed by atoms with Gasteiger partial charge in [0.15, 0.2) is 6.10 Å². The number of hydrogen-bond acceptors (Lipinski definition) is 4. The minimum Gasteiger partial charge on any atom is -0.481 e. The van der Waals surface area contributed by atoms with Crippen molar-refractivity contribution in [3.8, 4) is 5.75 Å². The molecule has 0 spiro atoms. The van der Waals surface area contributed by atoms with E-state index in [1.807, 2.05) is 24.3 Å². The first-order valence-electron chi connectivity index (χ1n) is 7.87. The van der Waals surface area contributed by atoms with E-state index in [1.165, 1.54) is 29.8 Å². The number of carbonyl (C=O) groups is 1. The van der Waals surface area contributed by atoms with Crippen molar-refractivity contribution in [1.29, 1.82) is 0 Å². The Bertz CT molecular complexity index is 828. The van der Waals surface area contributed by atoms with E-state index in [1.54, 1.807) is 6.92 Å². The second-order valence-corrected chi connectivity index (χ2v) is 7.60. The first-order chi connectivity index (χ1) is 11.7. The van der Waals surface area contributed by atoms with E-state index in [0.29, 0.717) is 17.4 Å². The fourth-order valence-electron chi connectivity index (χ4n) is 2.16. The van der Waals surface area contributed by atoms with Crippen LogP contribution in [0.5, 0.6) is 5.75 Å². The molecule has 134 valence electrons. The van der Waals surface area contributed by atoms with Gasteiger partial charge in [0, 0.05) is 5.69 Å². The maximum atomic E-state index is 12.2. The number of hydrogen-bond donors (Lipinski definition) is 2. The van der Waals surface area contributed by atoms with E-state index in [-0.39, 0.29) is 10.8 Å². The van der Waals surface area contributed by atoms with E-state index >= 15 is 0 Å². The molecule has 3 N–H and O–H groups in total. The zero-order valence-electron chi connectivity index (χ0n) is 14.4. The normalized spacial score (nSPS) is 12.7. The summed E-state index contributed by atoms with van der Waals surface area (Å²) in [6.07, 6.45) is -0.706. The van der Waals surface area contributed by atoms with Gasteiger partial charge in [-0.1, -0.05) is 26.0 Å². The Balaban J connectivity index is 1.98. The van der Waals surface area contributed by atoms with Crippen molar-refractivity contribution in [3.63, 3.8) is 0 Å². The highest BCUT2D eigenvalue weighted by atomic mass is 32.2. The molecule has 1 atom stereocenters. The van der Waals surface area contributed by atoms with Crippen molar-refractivity contribution in [3.05, 3.63) is 54.1 Å². The maximum absolute atomic E-state index is 12.2. The van der Waals surface area contributed by atoms with Gasteiger partial charge in [-0.25, -0.2) is 13.6 Å². The number of primary sulfonamides is 1. The first kappa shape index (κ1) is 19.0. The zero-order valence-corrected chi connectivity index (χ0v) is 15.2. The average Bonchev–Trinajstić information content (AvgIpc) is 2.55. The highest BCUT2D eigenvalue weighted by Crippen LogP contribution is 2.20. The van der Waals surface area contributed by atoms with Crippen LogP contribution < -0.4 is 15.2 Å². The lowest BCUT2D eigenvalue weighted by Gasteiger charge is -2.15. The number of benzene rings is 2. The van der Waals surface area contributed by atoms with Crippen molar-refractivity contribution < 1.29 is 17.9 Å². The molecular formula is C18H22N2O4S. The molecule has 0 bridgehead atoms. The van der Waals surface area contributed by atoms with Crippen molar-refractivity contribution in [1.82, 2.24) is 0 Å². The summed E-state index contributed by atoms with van der Waals surface area (Å²) in [7, 11) is -3.75. The van der Waals surface area contributed by atoms with Gasteiger partial charge >= 0.3 is 0 Å². The summed E-state index contributed by atoms with van der Waals surface area (Å²) >= 11 is 0. The summed E-state index contributed by atoms with van der Waals surface area (Å²) in [4.78, 5) is 12.2. The monoisotopic (exact) mass is 362 g/mol. The van der Waals surface area contributed by atoms with Crippen LogP contribution in [0.2, 0.25) is 0 Å². The number of nitrogens with two attached hydrogens (primary N) is 1. The van der Waals surface area contributed by atoms with Crippen LogP contribution in [0.25, 0.3) is 0 Å². The summed E-state index contributed by atoms with van der Waals surface area (Å²) in [5.74, 6) is 0.697. The number of carbonyl (C=O) groups excluding carboxylic acids is 1. The first-order valence-corrected chi connectivity index (χ1v) is 9.42. The molecule has 7 heteroatoms. The van der Waals surface area contributed by atoms with Crippen LogP contribution in [-0.2, 0) is 14.8 Å². The van der Waals surface area contributed by atoms with Crippen molar-refractivity contribution in [2.24, 2.45) is 5.14 Å². The minimum atomic E-state index is -3.75. The Labute approximate surface area is 148 Å². The Morgan fingerprint density at radius 3 is 2.04 bits per heavy atom. The third-order valence-corrected chi connectivity index (χ3v) is 4.61. The SMILES string of the molecule is CC(Oc1ccc(C(C)C)cc1)C(=O)Nc1ccc(S(N)(=O)=O)cc1. The lowest BCUT2D eigenvalue weighted by Crippen LogP contribution is -2.30. The second-order valence-electron chi connectivity index (χ2n) is 6.04. The average molecular weight is 362 g/mol. The van der Waals surface area contributed by atoms with E-state index in [2.05, 4.69) is 19.2 Å². The van der Waals surface area contributed by atoms with Gasteiger partial charge in [-0.15, -0.1) is 0 Å². The lowest BCUT2D eigenvalue weighted by molar-refractivity contribution is -0.122. The Kier molecular flexibility index (Phi) is 5.81. The van der Waals surface area contributed by atoms with E-state index in [4.69, 9.17) is 9.88 Å². The molecule has 0 saturated heterocycles. The second kappa shape index (κ2) is 7.67. The molecule has 0 aliphatic rings. The third kappa shape index (κ3) is 5.30. The van der Waals surface area contributed by atoms with Gasteiger partial charge in [0.1, 0.15) is 5.75 Å². The molecule has 0 aliphatic heterocycles. The zero-order chi connectivity index (χ0) is 18.6. The summed E-state index contributed by atoms with van der Waals surface area (Å²) in [5, 5.41) is 7.71. The highest BCUT2D eigenvalue weighted by molar-refractivity contribution is 7.89. The van der Waals surface area contributed by atoms with E-state index < -0.39 is 16.1 Å². The van der Waals surface area contributed by atoms with Gasteiger partial charge in [-0.3, -0.25) is 4.79 Å². The van der Waals surface area contributed by atoms with E-state index in [0.717, 1.165) is 0 Å². The number of sulfonamides is 1. The van der Waals surface area contributed by atoms with Crippen LogP contribution in [0, 0.1) is 0 Å². The largest absolute Gasteiger partial charge is 0.481 e. The molecular weight excluding hydrogens is 340 g/mol. The Hall–Kier alpha value is -2.38. The third-order valence-electron chi connectivity index (χ3n) is 3.68. The molecule has 0 aromatic heterocycles. The highest BCUT2D eigenvalue weighted by Gasteiger charge is 2.15. The van der Waals surface area contributed by atoms with Gasteiger partial charge in [0.2, 0.25) is 10.0 Å². The van der Waals surface area contributed by atoms with Crippen LogP contribution in [0.15, 0.2) is 53.4 Å². The molecule has 0 fully saturated rings. The maximum Gasteiger partial charge on any atom is 0.265 e. The van der Waals surface area contributed by atoms with Crippen LogP contribution in [-0.4, -0.2) is 20.4 Å². The molecule has 0 radical (unpaired) electrons. The summed E-state index contributed by atoms with van der Waals surface area (Å²) in [5.41, 5.74) is 1.66. The fraction of sp³-hybridized carbons (Fsp3) is 0.278. The molecule has 2 aromatic rings. The van der Waals surface area contributed by atoms with Crippen molar-refractivity contribution >= 4 is 21.6 Å². The molecule has 6 nitrogen and oxygen atoms in total. The van der Waals surface area contributed by atoms with Crippen molar-refractivity contribution in [2.75, 3.05) is 5.32 Å². The molecule has 0 aliphatic carbocycles. The summed E-state index contributed by atoms with van der Waals surface area (Å²) < 4.78 is 28.1. The molecule has 0 heterocycles. The summed E-state index contributed by atoms with van der Waals surface area (Å²) in [6.45, 7) is 5.85. The van der Waals surface area contributed by atoms with Gasteiger partial charge < -0.3 is 10.1 Å². The molecule has 0 saturated carbocycles. The molecule has 1 amide bonds. The number of amides is 1. The van der Waals surface area contributed by atoms with Gasteiger partial charge in [0.25, 0.3) is 5.91 Å². The standard InChI is InChI=1S/C18H22N2O4S/c1-12(2)14-4-8-16(9-5-14)24-13(3)18(21)20-15-6-10-17(11-7-15)25(19,22)23/h4-13H,1-3H3,(H,20,21)(H2,19,22,23). The molecule has 2 aromatic carbocycles. The Morgan fingerprint density at radius 2 is 1.56 bits per heavy atom. The minimum absolute atomic E-state index is 0.0139.